The largest absolute Gasteiger partial charge is 0.481 e. The first-order chi connectivity index (χ1) is 9.62. The number of hydrogen-bond donors (Lipinski definition) is 3. The van der Waals surface area contributed by atoms with Crippen LogP contribution in [0.4, 0.5) is 0 Å². The summed E-state index contributed by atoms with van der Waals surface area (Å²) >= 11 is 0. The highest BCUT2D eigenvalue weighted by Gasteiger charge is 2.39. The van der Waals surface area contributed by atoms with E-state index >= 15 is 0 Å². The van der Waals surface area contributed by atoms with E-state index in [2.05, 4.69) is 9.97 Å². The predicted octanol–water partition coefficient (Wildman–Crippen LogP) is 2.48. The summed E-state index contributed by atoms with van der Waals surface area (Å²) in [5.41, 5.74) is 6.80. The molecule has 1 saturated carbocycles. The van der Waals surface area contributed by atoms with Gasteiger partial charge in [0.25, 0.3) is 0 Å². The highest BCUT2D eigenvalue weighted by atomic mass is 16.4. The molecule has 1 fully saturated rings. The average Bonchev–Trinajstić information content (AvgIpc) is 2.93. The minimum absolute atomic E-state index is 0.436. The van der Waals surface area contributed by atoms with Crippen LogP contribution < -0.4 is 5.73 Å². The van der Waals surface area contributed by atoms with Gasteiger partial charge < -0.3 is 15.8 Å². The number of H-pyrrole nitrogens is 1. The van der Waals surface area contributed by atoms with E-state index in [4.69, 9.17) is 5.73 Å². The van der Waals surface area contributed by atoms with Gasteiger partial charge in [-0.05, 0) is 12.8 Å². The molecule has 0 saturated heterocycles. The number of carbonyl (C=O) groups is 1. The first kappa shape index (κ1) is 15.0. The fourth-order valence-electron chi connectivity index (χ4n) is 3.24. The number of hydrogen-bond acceptors (Lipinski definition) is 3. The van der Waals surface area contributed by atoms with Gasteiger partial charge in [-0.15, -0.1) is 0 Å². The van der Waals surface area contributed by atoms with Crippen LogP contribution in [0.3, 0.4) is 0 Å². The monoisotopic (exact) mass is 279 g/mol. The van der Waals surface area contributed by atoms with Crippen LogP contribution in [0.2, 0.25) is 0 Å². The van der Waals surface area contributed by atoms with Crippen molar-refractivity contribution in [2.45, 2.75) is 63.3 Å². The Balaban J connectivity index is 2.13. The summed E-state index contributed by atoms with van der Waals surface area (Å²) in [5.74, 6) is -1.33. The number of rotatable bonds is 4. The molecule has 1 atom stereocenters. The molecule has 2 rings (SSSR count). The number of imidazole rings is 1. The summed E-state index contributed by atoms with van der Waals surface area (Å²) in [4.78, 5) is 18.7. The van der Waals surface area contributed by atoms with Gasteiger partial charge in [0.1, 0.15) is 0 Å². The molecule has 5 heteroatoms. The Labute approximate surface area is 120 Å². The Bertz CT molecular complexity index is 407. The van der Waals surface area contributed by atoms with E-state index in [1.54, 1.807) is 12.5 Å². The molecule has 1 aliphatic rings. The summed E-state index contributed by atoms with van der Waals surface area (Å²) in [6.07, 6.45) is 12.2. The maximum Gasteiger partial charge on any atom is 0.308 e. The number of carboxylic acids is 1. The second-order valence-corrected chi connectivity index (χ2v) is 6.03. The van der Waals surface area contributed by atoms with Crippen LogP contribution in [0.1, 0.15) is 57.1 Å². The van der Waals surface area contributed by atoms with Crippen molar-refractivity contribution in [2.24, 2.45) is 11.7 Å². The van der Waals surface area contributed by atoms with Gasteiger partial charge in [0.05, 0.1) is 12.2 Å². The van der Waals surface area contributed by atoms with E-state index < -0.39 is 17.4 Å². The molecule has 112 valence electrons. The summed E-state index contributed by atoms with van der Waals surface area (Å²) in [7, 11) is 0. The van der Waals surface area contributed by atoms with Crippen LogP contribution in [-0.4, -0.2) is 26.6 Å². The van der Waals surface area contributed by atoms with Crippen molar-refractivity contribution in [1.82, 2.24) is 9.97 Å². The molecule has 1 unspecified atom stereocenters. The minimum atomic E-state index is -0.790. The van der Waals surface area contributed by atoms with Crippen LogP contribution in [-0.2, 0) is 11.2 Å². The second-order valence-electron chi connectivity index (χ2n) is 6.03. The standard InChI is InChI=1S/C15H25N3O2/c16-15(7-5-3-1-2-4-6-8-15)13(14(19)20)9-12-10-17-11-18-12/h10-11,13H,1-9,16H2,(H,17,18)(H,19,20). The lowest BCUT2D eigenvalue weighted by Crippen LogP contribution is -2.51. The van der Waals surface area contributed by atoms with Crippen molar-refractivity contribution in [2.75, 3.05) is 0 Å². The van der Waals surface area contributed by atoms with Crippen LogP contribution >= 0.6 is 0 Å². The van der Waals surface area contributed by atoms with Crippen molar-refractivity contribution < 1.29 is 9.90 Å². The second kappa shape index (κ2) is 6.88. The SMILES string of the molecule is NC1(C(Cc2cnc[nH]2)C(=O)O)CCCCCCCC1. The molecule has 0 aliphatic heterocycles. The zero-order valence-electron chi connectivity index (χ0n) is 12.0. The number of nitrogens with two attached hydrogens (primary N) is 1. The van der Waals surface area contributed by atoms with Gasteiger partial charge in [-0.25, -0.2) is 4.98 Å². The number of aromatic nitrogens is 2. The van der Waals surface area contributed by atoms with Crippen LogP contribution in [0, 0.1) is 5.92 Å². The predicted molar refractivity (Wildman–Crippen MR) is 77.3 cm³/mol. The maximum atomic E-state index is 11.7. The molecule has 0 spiro atoms. The van der Waals surface area contributed by atoms with Crippen LogP contribution in [0.15, 0.2) is 12.5 Å². The summed E-state index contributed by atoms with van der Waals surface area (Å²) in [5, 5.41) is 9.61. The molecular weight excluding hydrogens is 254 g/mol. The van der Waals surface area contributed by atoms with Gasteiger partial charge in [0.2, 0.25) is 0 Å². The molecule has 0 bridgehead atoms. The Morgan fingerprint density at radius 1 is 1.30 bits per heavy atom. The summed E-state index contributed by atoms with van der Waals surface area (Å²) in [6, 6.07) is 0. The molecule has 1 aromatic heterocycles. The molecule has 5 nitrogen and oxygen atoms in total. The van der Waals surface area contributed by atoms with Gasteiger partial charge in [0, 0.05) is 23.9 Å². The number of aromatic amines is 1. The molecule has 1 aromatic rings. The molecule has 20 heavy (non-hydrogen) atoms. The zero-order valence-corrected chi connectivity index (χ0v) is 12.0. The molecule has 0 aromatic carbocycles. The van der Waals surface area contributed by atoms with Crippen molar-refractivity contribution in [3.05, 3.63) is 18.2 Å². The average molecular weight is 279 g/mol. The number of nitrogens with zero attached hydrogens (tertiary/aromatic N) is 1. The lowest BCUT2D eigenvalue weighted by Gasteiger charge is -2.35. The number of carboxylic acid groups (broad SMARTS) is 1. The number of nitrogens with one attached hydrogen (secondary N) is 1. The third kappa shape index (κ3) is 3.82. The fraction of sp³-hybridized carbons (Fsp3) is 0.733. The topological polar surface area (TPSA) is 92.0 Å². The normalized spacial score (nSPS) is 21.4. The zero-order chi connectivity index (χ0) is 14.4. The highest BCUT2D eigenvalue weighted by Crippen LogP contribution is 2.32. The van der Waals surface area contributed by atoms with E-state index in [1.807, 2.05) is 0 Å². The van der Waals surface area contributed by atoms with E-state index in [0.717, 1.165) is 44.2 Å². The quantitative estimate of drug-likeness (QED) is 0.789. The van der Waals surface area contributed by atoms with Gasteiger partial charge in [-0.1, -0.05) is 38.5 Å². The van der Waals surface area contributed by atoms with E-state index in [9.17, 15) is 9.90 Å². The van der Waals surface area contributed by atoms with Crippen molar-refractivity contribution >= 4 is 5.97 Å². The molecular formula is C15H25N3O2. The molecule has 0 amide bonds. The first-order valence-corrected chi connectivity index (χ1v) is 7.61. The number of aliphatic carboxylic acids is 1. The summed E-state index contributed by atoms with van der Waals surface area (Å²) in [6.45, 7) is 0. The Morgan fingerprint density at radius 2 is 1.90 bits per heavy atom. The van der Waals surface area contributed by atoms with Crippen molar-refractivity contribution in [3.63, 3.8) is 0 Å². The maximum absolute atomic E-state index is 11.7. The van der Waals surface area contributed by atoms with Crippen molar-refractivity contribution in [1.29, 1.82) is 0 Å². The molecule has 1 aliphatic carbocycles. The van der Waals surface area contributed by atoms with Gasteiger partial charge in [-0.3, -0.25) is 4.79 Å². The van der Waals surface area contributed by atoms with Crippen LogP contribution in [0.25, 0.3) is 0 Å². The highest BCUT2D eigenvalue weighted by molar-refractivity contribution is 5.72. The molecule has 1 heterocycles. The van der Waals surface area contributed by atoms with Crippen molar-refractivity contribution in [3.8, 4) is 0 Å². The Kier molecular flexibility index (Phi) is 5.17. The Hall–Kier alpha value is -1.36. The third-order valence-corrected chi connectivity index (χ3v) is 4.51. The lowest BCUT2D eigenvalue weighted by molar-refractivity contribution is -0.144. The van der Waals surface area contributed by atoms with Gasteiger partial charge in [-0.2, -0.15) is 0 Å². The third-order valence-electron chi connectivity index (χ3n) is 4.51. The molecule has 4 N–H and O–H groups in total. The fourth-order valence-corrected chi connectivity index (χ4v) is 3.24. The van der Waals surface area contributed by atoms with Gasteiger partial charge >= 0.3 is 5.97 Å². The Morgan fingerprint density at radius 3 is 2.40 bits per heavy atom. The van der Waals surface area contributed by atoms with E-state index in [-0.39, 0.29) is 0 Å². The van der Waals surface area contributed by atoms with E-state index in [1.165, 1.54) is 12.8 Å². The lowest BCUT2D eigenvalue weighted by atomic mass is 9.75. The van der Waals surface area contributed by atoms with E-state index in [0.29, 0.717) is 6.42 Å². The van der Waals surface area contributed by atoms with Gasteiger partial charge in [0.15, 0.2) is 0 Å². The summed E-state index contributed by atoms with van der Waals surface area (Å²) < 4.78 is 0. The minimum Gasteiger partial charge on any atom is -0.481 e. The molecule has 0 radical (unpaired) electrons. The van der Waals surface area contributed by atoms with Crippen LogP contribution in [0.5, 0.6) is 0 Å². The smallest absolute Gasteiger partial charge is 0.308 e. The first-order valence-electron chi connectivity index (χ1n) is 7.61.